The van der Waals surface area contributed by atoms with Crippen molar-refractivity contribution in [2.24, 2.45) is 0 Å². The lowest BCUT2D eigenvalue weighted by Crippen LogP contribution is -2.26. The molecule has 2 rings (SSSR count). The number of carbonyl (C=O) groups is 1. The Morgan fingerprint density at radius 3 is 2.93 bits per heavy atom. The lowest BCUT2D eigenvalue weighted by Gasteiger charge is -2.23. The van der Waals surface area contributed by atoms with Crippen molar-refractivity contribution in [2.45, 2.75) is 30.9 Å². The first-order chi connectivity index (χ1) is 6.84. The monoisotopic (exact) mass is 215 g/mol. The van der Waals surface area contributed by atoms with E-state index in [1.54, 1.807) is 0 Å². The number of esters is 1. The minimum Gasteiger partial charge on any atom is -0.466 e. The third-order valence-electron chi connectivity index (χ3n) is 2.79. The maximum absolute atomic E-state index is 11.0. The molecule has 0 aromatic heterocycles. The molecule has 0 aromatic carbocycles. The lowest BCUT2D eigenvalue weighted by molar-refractivity contribution is -0.146. The molecule has 0 aromatic rings. The minimum atomic E-state index is -0.0184. The second-order valence-electron chi connectivity index (χ2n) is 3.96. The van der Waals surface area contributed by atoms with Gasteiger partial charge in [-0.1, -0.05) is 0 Å². The molecular weight excluding hydrogens is 198 g/mol. The fourth-order valence-electron chi connectivity index (χ4n) is 1.92. The van der Waals surface area contributed by atoms with Crippen molar-refractivity contribution in [1.29, 1.82) is 0 Å². The van der Waals surface area contributed by atoms with Crippen LogP contribution in [0.4, 0.5) is 0 Å². The fraction of sp³-hybridized carbons (Fsp3) is 0.900. The van der Waals surface area contributed by atoms with Crippen molar-refractivity contribution in [3.8, 4) is 0 Å². The molecule has 2 fully saturated rings. The predicted molar refractivity (Wildman–Crippen MR) is 57.2 cm³/mol. The third-order valence-corrected chi connectivity index (χ3v) is 4.18. The summed E-state index contributed by atoms with van der Waals surface area (Å²) in [6.07, 6.45) is 4.32. The summed E-state index contributed by atoms with van der Waals surface area (Å²) in [6.45, 7) is 3.10. The Morgan fingerprint density at radius 1 is 1.43 bits per heavy atom. The average molecular weight is 215 g/mol. The summed E-state index contributed by atoms with van der Waals surface area (Å²) in [5, 5.41) is 0.497. The number of hydrogen-bond acceptors (Lipinski definition) is 4. The highest BCUT2D eigenvalue weighted by Crippen LogP contribution is 2.24. The molecule has 0 spiro atoms. The van der Waals surface area contributed by atoms with Gasteiger partial charge in [-0.25, -0.2) is 0 Å². The summed E-state index contributed by atoms with van der Waals surface area (Å²) in [4.78, 5) is 13.5. The quantitative estimate of drug-likeness (QED) is 0.667. The van der Waals surface area contributed by atoms with Crippen molar-refractivity contribution in [1.82, 2.24) is 4.90 Å². The van der Waals surface area contributed by atoms with Crippen LogP contribution in [0.3, 0.4) is 0 Å². The number of ether oxygens (including phenoxy) is 1. The molecule has 4 heteroatoms. The summed E-state index contributed by atoms with van der Waals surface area (Å²) in [7, 11) is 0. The molecule has 1 atom stereocenters. The van der Waals surface area contributed by atoms with Crippen LogP contribution in [0.2, 0.25) is 0 Å². The van der Waals surface area contributed by atoms with Gasteiger partial charge in [0.15, 0.2) is 0 Å². The van der Waals surface area contributed by atoms with Crippen LogP contribution >= 0.6 is 11.8 Å². The van der Waals surface area contributed by atoms with Gasteiger partial charge >= 0.3 is 5.97 Å². The Labute approximate surface area is 89.2 Å². The highest BCUT2D eigenvalue weighted by Gasteiger charge is 2.22. The van der Waals surface area contributed by atoms with E-state index in [1.165, 1.54) is 25.9 Å². The van der Waals surface area contributed by atoms with Gasteiger partial charge in [0.05, 0.1) is 13.0 Å². The zero-order valence-electron chi connectivity index (χ0n) is 8.41. The molecule has 0 amide bonds. The molecule has 3 nitrogen and oxygen atoms in total. The van der Waals surface area contributed by atoms with Gasteiger partial charge < -0.3 is 4.74 Å². The van der Waals surface area contributed by atoms with Crippen LogP contribution in [0, 0.1) is 0 Å². The average Bonchev–Trinajstić information content (AvgIpc) is 2.67. The van der Waals surface area contributed by atoms with Crippen LogP contribution in [0.15, 0.2) is 0 Å². The maximum atomic E-state index is 11.0. The number of hydrogen-bond donors (Lipinski definition) is 0. The van der Waals surface area contributed by atoms with E-state index in [4.69, 9.17) is 4.74 Å². The molecule has 0 saturated carbocycles. The molecule has 14 heavy (non-hydrogen) atoms. The topological polar surface area (TPSA) is 29.5 Å². The molecule has 2 heterocycles. The van der Waals surface area contributed by atoms with E-state index in [9.17, 15) is 4.79 Å². The molecule has 0 aliphatic carbocycles. The number of rotatable bonds is 3. The molecule has 0 N–H and O–H groups in total. The van der Waals surface area contributed by atoms with Crippen molar-refractivity contribution < 1.29 is 9.53 Å². The molecule has 0 radical (unpaired) electrons. The molecule has 0 bridgehead atoms. The Kier molecular flexibility index (Phi) is 3.70. The number of likely N-dealkylation sites (tertiary alicyclic amines) is 1. The molecule has 1 unspecified atom stereocenters. The summed E-state index contributed by atoms with van der Waals surface area (Å²) < 4.78 is 4.91. The van der Waals surface area contributed by atoms with E-state index in [0.29, 0.717) is 18.3 Å². The number of nitrogens with zero attached hydrogens (tertiary/aromatic N) is 1. The maximum Gasteiger partial charge on any atom is 0.306 e. The number of cyclic esters (lactones) is 1. The molecule has 2 aliphatic heterocycles. The molecular formula is C10H17NO2S. The summed E-state index contributed by atoms with van der Waals surface area (Å²) >= 11 is 1.92. The standard InChI is InChI=1S/C10H17NO2S/c12-10-7-9(3-6-13-10)14-8-11-4-1-2-5-11/h9H,1-8H2. The Balaban J connectivity index is 1.66. The van der Waals surface area contributed by atoms with Crippen LogP contribution in [0.1, 0.15) is 25.7 Å². The van der Waals surface area contributed by atoms with Gasteiger partial charge in [-0.15, -0.1) is 11.8 Å². The Bertz CT molecular complexity index is 204. The molecule has 80 valence electrons. The van der Waals surface area contributed by atoms with Crippen molar-refractivity contribution in [3.05, 3.63) is 0 Å². The Hall–Kier alpha value is -0.220. The van der Waals surface area contributed by atoms with Crippen molar-refractivity contribution in [3.63, 3.8) is 0 Å². The van der Waals surface area contributed by atoms with E-state index in [1.807, 2.05) is 11.8 Å². The summed E-state index contributed by atoms with van der Waals surface area (Å²) in [5.41, 5.74) is 0. The number of carbonyl (C=O) groups excluding carboxylic acids is 1. The van der Waals surface area contributed by atoms with Gasteiger partial charge in [0, 0.05) is 11.1 Å². The van der Waals surface area contributed by atoms with Gasteiger partial charge in [0.2, 0.25) is 0 Å². The summed E-state index contributed by atoms with van der Waals surface area (Å²) in [5.74, 6) is 1.08. The van der Waals surface area contributed by atoms with E-state index in [0.717, 1.165) is 12.3 Å². The van der Waals surface area contributed by atoms with Crippen molar-refractivity contribution >= 4 is 17.7 Å². The predicted octanol–water partition coefficient (Wildman–Crippen LogP) is 1.48. The third kappa shape index (κ3) is 2.89. The van der Waals surface area contributed by atoms with Crippen LogP contribution in [0.5, 0.6) is 0 Å². The Morgan fingerprint density at radius 2 is 2.21 bits per heavy atom. The van der Waals surface area contributed by atoms with Crippen LogP contribution in [-0.2, 0) is 9.53 Å². The lowest BCUT2D eigenvalue weighted by atomic mass is 10.2. The first kappa shape index (κ1) is 10.3. The number of thioether (sulfide) groups is 1. The SMILES string of the molecule is O=C1CC(SCN2CCCC2)CCO1. The first-order valence-corrected chi connectivity index (χ1v) is 6.39. The van der Waals surface area contributed by atoms with Gasteiger partial charge in [0.25, 0.3) is 0 Å². The van der Waals surface area contributed by atoms with Crippen LogP contribution < -0.4 is 0 Å². The second-order valence-corrected chi connectivity index (χ2v) is 5.21. The zero-order chi connectivity index (χ0) is 9.80. The fourth-order valence-corrected chi connectivity index (χ4v) is 3.11. The van der Waals surface area contributed by atoms with Crippen molar-refractivity contribution in [2.75, 3.05) is 25.6 Å². The summed E-state index contributed by atoms with van der Waals surface area (Å²) in [6, 6.07) is 0. The van der Waals surface area contributed by atoms with Gasteiger partial charge in [-0.05, 0) is 32.4 Å². The van der Waals surface area contributed by atoms with E-state index in [2.05, 4.69) is 4.90 Å². The zero-order valence-corrected chi connectivity index (χ0v) is 9.22. The van der Waals surface area contributed by atoms with Gasteiger partial charge in [-0.3, -0.25) is 9.69 Å². The van der Waals surface area contributed by atoms with Crippen LogP contribution in [-0.4, -0.2) is 41.7 Å². The van der Waals surface area contributed by atoms with Gasteiger partial charge in [-0.2, -0.15) is 0 Å². The normalized spacial score (nSPS) is 29.1. The van der Waals surface area contributed by atoms with E-state index < -0.39 is 0 Å². The van der Waals surface area contributed by atoms with E-state index in [-0.39, 0.29) is 5.97 Å². The van der Waals surface area contributed by atoms with E-state index >= 15 is 0 Å². The molecule has 2 aliphatic rings. The minimum absolute atomic E-state index is 0.0184. The van der Waals surface area contributed by atoms with Gasteiger partial charge in [0.1, 0.15) is 0 Å². The largest absolute Gasteiger partial charge is 0.466 e. The van der Waals surface area contributed by atoms with Crippen LogP contribution in [0.25, 0.3) is 0 Å². The highest BCUT2D eigenvalue weighted by molar-refractivity contribution is 7.99. The smallest absolute Gasteiger partial charge is 0.306 e. The first-order valence-electron chi connectivity index (χ1n) is 5.34. The second kappa shape index (κ2) is 5.03. The highest BCUT2D eigenvalue weighted by atomic mass is 32.2. The molecule has 2 saturated heterocycles.